The van der Waals surface area contributed by atoms with Crippen LogP contribution in [0.3, 0.4) is 0 Å². The number of nitro groups is 1. The maximum absolute atomic E-state index is 12.2. The molecule has 0 unspecified atom stereocenters. The summed E-state index contributed by atoms with van der Waals surface area (Å²) in [5, 5.41) is 14.8. The number of hydrogen-bond donors (Lipinski definition) is 1. The van der Waals surface area contributed by atoms with Crippen molar-refractivity contribution in [2.75, 3.05) is 7.11 Å². The Morgan fingerprint density at radius 3 is 2.61 bits per heavy atom. The van der Waals surface area contributed by atoms with Gasteiger partial charge in [-0.2, -0.15) is 5.10 Å². The number of non-ortho nitro benzene ring substituents is 1. The molecule has 8 nitrogen and oxygen atoms in total. The molecule has 0 saturated carbocycles. The Morgan fingerprint density at radius 1 is 1.16 bits per heavy atom. The number of nitrogens with zero attached hydrogens (tertiary/aromatic N) is 2. The lowest BCUT2D eigenvalue weighted by Gasteiger charge is -2.13. The quantitative estimate of drug-likeness (QED) is 0.284. The van der Waals surface area contributed by atoms with Crippen LogP contribution in [-0.4, -0.2) is 24.2 Å². The summed E-state index contributed by atoms with van der Waals surface area (Å²) in [7, 11) is 1.53. The SMILES string of the molecule is COc1cccc(/C=N\NC(=O)c2cccc([N+](=O)[O-])c2)c1OCc1ccc(Br)cc1. The number of amides is 1. The molecule has 1 amide bonds. The number of nitrogens with one attached hydrogen (secondary N) is 1. The average Bonchev–Trinajstić information content (AvgIpc) is 2.79. The number of hydrogen-bond acceptors (Lipinski definition) is 6. The van der Waals surface area contributed by atoms with E-state index in [0.717, 1.165) is 10.0 Å². The molecule has 0 bridgehead atoms. The molecule has 0 spiro atoms. The largest absolute Gasteiger partial charge is 0.493 e. The summed E-state index contributed by atoms with van der Waals surface area (Å²) in [5.74, 6) is 0.424. The molecule has 31 heavy (non-hydrogen) atoms. The van der Waals surface area contributed by atoms with E-state index in [1.807, 2.05) is 24.3 Å². The molecule has 0 aliphatic rings. The molecule has 3 aromatic carbocycles. The normalized spacial score (nSPS) is 10.6. The average molecular weight is 484 g/mol. The molecule has 9 heteroatoms. The number of nitro benzene ring substituents is 1. The minimum Gasteiger partial charge on any atom is -0.493 e. The predicted octanol–water partition coefficient (Wildman–Crippen LogP) is 4.71. The van der Waals surface area contributed by atoms with Gasteiger partial charge in [0.15, 0.2) is 11.5 Å². The summed E-state index contributed by atoms with van der Waals surface area (Å²) in [5.41, 5.74) is 3.88. The van der Waals surface area contributed by atoms with Crippen LogP contribution in [0.15, 0.2) is 76.3 Å². The molecule has 158 valence electrons. The summed E-state index contributed by atoms with van der Waals surface area (Å²) in [4.78, 5) is 22.6. The molecular formula is C22H18BrN3O5. The fourth-order valence-corrected chi connectivity index (χ4v) is 2.94. The van der Waals surface area contributed by atoms with Gasteiger partial charge in [0.1, 0.15) is 6.61 Å². The van der Waals surface area contributed by atoms with Crippen molar-refractivity contribution in [3.05, 3.63) is 98.0 Å². The number of carbonyl (C=O) groups excluding carboxylic acids is 1. The van der Waals surface area contributed by atoms with E-state index in [2.05, 4.69) is 26.5 Å². The second-order valence-corrected chi connectivity index (χ2v) is 7.22. The standard InChI is InChI=1S/C22H18BrN3O5/c1-30-20-7-3-5-17(21(20)31-14-15-8-10-18(23)11-9-15)13-24-25-22(27)16-4-2-6-19(12-16)26(28)29/h2-13H,14H2,1H3,(H,25,27)/b24-13-. The Labute approximate surface area is 186 Å². The first-order chi connectivity index (χ1) is 15.0. The Balaban J connectivity index is 1.73. The lowest BCUT2D eigenvalue weighted by molar-refractivity contribution is -0.384. The number of carbonyl (C=O) groups is 1. The number of ether oxygens (including phenoxy) is 2. The lowest BCUT2D eigenvalue weighted by atomic mass is 10.2. The van der Waals surface area contributed by atoms with Crippen molar-refractivity contribution in [2.24, 2.45) is 5.10 Å². The topological polar surface area (TPSA) is 103 Å². The Bertz CT molecular complexity index is 1120. The summed E-state index contributed by atoms with van der Waals surface area (Å²) < 4.78 is 12.3. The van der Waals surface area contributed by atoms with E-state index in [4.69, 9.17) is 9.47 Å². The third-order valence-corrected chi connectivity index (χ3v) is 4.74. The first-order valence-electron chi connectivity index (χ1n) is 9.10. The highest BCUT2D eigenvalue weighted by Gasteiger charge is 2.12. The molecule has 0 fully saturated rings. The maximum atomic E-state index is 12.2. The van der Waals surface area contributed by atoms with Gasteiger partial charge in [0.25, 0.3) is 11.6 Å². The molecule has 0 aliphatic heterocycles. The predicted molar refractivity (Wildman–Crippen MR) is 120 cm³/mol. The van der Waals surface area contributed by atoms with Gasteiger partial charge in [-0.3, -0.25) is 14.9 Å². The van der Waals surface area contributed by atoms with Gasteiger partial charge < -0.3 is 9.47 Å². The smallest absolute Gasteiger partial charge is 0.271 e. The van der Waals surface area contributed by atoms with Crippen molar-refractivity contribution in [3.63, 3.8) is 0 Å². The number of para-hydroxylation sites is 1. The van der Waals surface area contributed by atoms with Gasteiger partial charge in [0.2, 0.25) is 0 Å². The van der Waals surface area contributed by atoms with Gasteiger partial charge in [-0.1, -0.05) is 40.2 Å². The number of benzene rings is 3. The molecule has 0 radical (unpaired) electrons. The number of rotatable bonds is 8. The van der Waals surface area contributed by atoms with Crippen LogP contribution in [-0.2, 0) is 6.61 Å². The molecule has 1 N–H and O–H groups in total. The van der Waals surface area contributed by atoms with Crippen molar-refractivity contribution in [1.29, 1.82) is 0 Å². The molecule has 0 heterocycles. The Hall–Kier alpha value is -3.72. The molecule has 3 aromatic rings. The monoisotopic (exact) mass is 483 g/mol. The molecule has 0 aromatic heterocycles. The first-order valence-corrected chi connectivity index (χ1v) is 9.89. The fraction of sp³-hybridized carbons (Fsp3) is 0.0909. The van der Waals surface area contributed by atoms with Gasteiger partial charge in [-0.05, 0) is 35.9 Å². The van der Waals surface area contributed by atoms with Crippen LogP contribution < -0.4 is 14.9 Å². The van der Waals surface area contributed by atoms with E-state index < -0.39 is 10.8 Å². The van der Waals surface area contributed by atoms with Crippen LogP contribution in [0, 0.1) is 10.1 Å². The van der Waals surface area contributed by atoms with Crippen LogP contribution in [0.5, 0.6) is 11.5 Å². The zero-order valence-electron chi connectivity index (χ0n) is 16.4. The zero-order valence-corrected chi connectivity index (χ0v) is 18.0. The van der Waals surface area contributed by atoms with Crippen molar-refractivity contribution < 1.29 is 19.2 Å². The molecule has 3 rings (SSSR count). The van der Waals surface area contributed by atoms with Crippen LogP contribution in [0.2, 0.25) is 0 Å². The zero-order chi connectivity index (χ0) is 22.2. The lowest BCUT2D eigenvalue weighted by Crippen LogP contribution is -2.17. The highest BCUT2D eigenvalue weighted by Crippen LogP contribution is 2.31. The number of methoxy groups -OCH3 is 1. The van der Waals surface area contributed by atoms with Crippen LogP contribution in [0.1, 0.15) is 21.5 Å². The fourth-order valence-electron chi connectivity index (χ4n) is 2.67. The van der Waals surface area contributed by atoms with Crippen molar-refractivity contribution in [2.45, 2.75) is 6.61 Å². The summed E-state index contributed by atoms with van der Waals surface area (Å²) in [6, 6.07) is 18.4. The van der Waals surface area contributed by atoms with E-state index in [1.54, 1.807) is 18.2 Å². The number of halogens is 1. The van der Waals surface area contributed by atoms with E-state index in [9.17, 15) is 14.9 Å². The minimum atomic E-state index is -0.569. The van der Waals surface area contributed by atoms with Crippen molar-refractivity contribution in [1.82, 2.24) is 5.43 Å². The van der Waals surface area contributed by atoms with Crippen LogP contribution in [0.4, 0.5) is 5.69 Å². The van der Waals surface area contributed by atoms with E-state index >= 15 is 0 Å². The van der Waals surface area contributed by atoms with Gasteiger partial charge in [0.05, 0.1) is 18.2 Å². The molecule has 0 atom stereocenters. The van der Waals surface area contributed by atoms with Gasteiger partial charge >= 0.3 is 0 Å². The van der Waals surface area contributed by atoms with Crippen molar-refractivity contribution >= 4 is 33.7 Å². The second-order valence-electron chi connectivity index (χ2n) is 6.30. The highest BCUT2D eigenvalue weighted by atomic mass is 79.9. The summed E-state index contributed by atoms with van der Waals surface area (Å²) in [6.45, 7) is 0.314. The third-order valence-electron chi connectivity index (χ3n) is 4.21. The molecule has 0 aliphatic carbocycles. The summed E-state index contributed by atoms with van der Waals surface area (Å²) >= 11 is 3.40. The van der Waals surface area contributed by atoms with Crippen molar-refractivity contribution in [3.8, 4) is 11.5 Å². The maximum Gasteiger partial charge on any atom is 0.271 e. The first kappa shape index (κ1) is 22.0. The van der Waals surface area contributed by atoms with E-state index in [-0.39, 0.29) is 11.3 Å². The van der Waals surface area contributed by atoms with Gasteiger partial charge in [-0.25, -0.2) is 5.43 Å². The number of hydrazone groups is 1. The Kier molecular flexibility index (Phi) is 7.34. The van der Waals surface area contributed by atoms with E-state index in [1.165, 1.54) is 37.6 Å². The van der Waals surface area contributed by atoms with Crippen LogP contribution in [0.25, 0.3) is 0 Å². The molecular weight excluding hydrogens is 466 g/mol. The Morgan fingerprint density at radius 2 is 1.90 bits per heavy atom. The van der Waals surface area contributed by atoms with E-state index in [0.29, 0.717) is 23.7 Å². The third kappa shape index (κ3) is 5.89. The summed E-state index contributed by atoms with van der Waals surface area (Å²) in [6.07, 6.45) is 1.43. The van der Waals surface area contributed by atoms with Gasteiger partial charge in [0, 0.05) is 27.7 Å². The second kappa shape index (κ2) is 10.4. The highest BCUT2D eigenvalue weighted by molar-refractivity contribution is 9.10. The minimum absolute atomic E-state index is 0.128. The van der Waals surface area contributed by atoms with Gasteiger partial charge in [-0.15, -0.1) is 0 Å². The van der Waals surface area contributed by atoms with Crippen LogP contribution >= 0.6 is 15.9 Å². The molecule has 0 saturated heterocycles.